The van der Waals surface area contributed by atoms with Crippen LogP contribution in [0.1, 0.15) is 37.8 Å². The van der Waals surface area contributed by atoms with Crippen LogP contribution in [-0.4, -0.2) is 48.8 Å². The second-order valence-corrected chi connectivity index (χ2v) is 7.00. The number of nitrogens with zero attached hydrogens (tertiary/aromatic N) is 2. The summed E-state index contributed by atoms with van der Waals surface area (Å²) < 4.78 is 0. The van der Waals surface area contributed by atoms with E-state index in [0.29, 0.717) is 19.6 Å². The lowest BCUT2D eigenvalue weighted by Crippen LogP contribution is -2.42. The van der Waals surface area contributed by atoms with E-state index >= 15 is 0 Å². The molecule has 0 bridgehead atoms. The van der Waals surface area contributed by atoms with E-state index in [1.54, 1.807) is 9.80 Å². The number of aryl methyl sites for hydroxylation is 2. The number of nitrogens with one attached hydrogen (secondary N) is 1. The van der Waals surface area contributed by atoms with Crippen molar-refractivity contribution in [2.45, 2.75) is 39.5 Å². The Bertz CT molecular complexity index is 712. The highest BCUT2D eigenvalue weighted by Crippen LogP contribution is 2.30. The average Bonchev–Trinajstić information content (AvgIpc) is 3.26. The Labute approximate surface area is 154 Å². The van der Waals surface area contributed by atoms with Gasteiger partial charge in [-0.1, -0.05) is 6.07 Å². The van der Waals surface area contributed by atoms with Crippen molar-refractivity contribution in [3.63, 3.8) is 0 Å². The molecule has 1 unspecified atom stereocenters. The monoisotopic (exact) mass is 357 g/mol. The van der Waals surface area contributed by atoms with Crippen molar-refractivity contribution in [1.29, 1.82) is 0 Å². The Kier molecular flexibility index (Phi) is 5.59. The average molecular weight is 357 g/mol. The first-order valence-electron chi connectivity index (χ1n) is 9.51. The molecule has 1 aliphatic heterocycles. The van der Waals surface area contributed by atoms with Gasteiger partial charge in [-0.15, -0.1) is 0 Å². The number of anilines is 1. The lowest BCUT2D eigenvalue weighted by molar-refractivity contribution is -0.133. The Morgan fingerprint density at radius 3 is 2.65 bits per heavy atom. The minimum atomic E-state index is -0.403. The van der Waals surface area contributed by atoms with Gasteiger partial charge < -0.3 is 15.1 Å². The van der Waals surface area contributed by atoms with Crippen molar-refractivity contribution in [1.82, 2.24) is 10.2 Å². The van der Waals surface area contributed by atoms with Gasteiger partial charge in [-0.25, -0.2) is 0 Å². The van der Waals surface area contributed by atoms with Crippen LogP contribution in [0.3, 0.4) is 0 Å². The molecule has 0 aromatic heterocycles. The molecule has 3 rings (SSSR count). The summed E-state index contributed by atoms with van der Waals surface area (Å²) in [5.41, 5.74) is 3.56. The fraction of sp³-hybridized carbons (Fsp3) is 0.550. The summed E-state index contributed by atoms with van der Waals surface area (Å²) in [5, 5.41) is 2.70. The maximum Gasteiger partial charge on any atom is 0.241 e. The fourth-order valence-corrected chi connectivity index (χ4v) is 3.85. The highest BCUT2D eigenvalue weighted by Gasteiger charge is 2.35. The molecule has 1 N–H and O–H groups in total. The molecule has 2 aliphatic rings. The van der Waals surface area contributed by atoms with E-state index in [-0.39, 0.29) is 30.7 Å². The number of benzene rings is 1. The Morgan fingerprint density at radius 2 is 1.92 bits per heavy atom. The molecule has 1 atom stereocenters. The van der Waals surface area contributed by atoms with E-state index < -0.39 is 5.92 Å². The van der Waals surface area contributed by atoms with Crippen LogP contribution in [0, 0.1) is 5.92 Å². The zero-order valence-corrected chi connectivity index (χ0v) is 15.6. The summed E-state index contributed by atoms with van der Waals surface area (Å²) in [6.45, 7) is 5.44. The Morgan fingerprint density at radius 1 is 1.19 bits per heavy atom. The highest BCUT2D eigenvalue weighted by molar-refractivity contribution is 6.00. The summed E-state index contributed by atoms with van der Waals surface area (Å²) in [6, 6.07) is 6.16. The van der Waals surface area contributed by atoms with Crippen LogP contribution in [0.15, 0.2) is 18.2 Å². The molecule has 0 saturated carbocycles. The molecule has 0 spiro atoms. The molecule has 140 valence electrons. The molecule has 6 nitrogen and oxygen atoms in total. The van der Waals surface area contributed by atoms with Gasteiger partial charge in [0.1, 0.15) is 0 Å². The van der Waals surface area contributed by atoms with Crippen LogP contribution in [0.2, 0.25) is 0 Å². The second kappa shape index (κ2) is 7.89. The van der Waals surface area contributed by atoms with Gasteiger partial charge in [-0.05, 0) is 56.4 Å². The Hall–Kier alpha value is -2.37. The van der Waals surface area contributed by atoms with E-state index in [2.05, 4.69) is 17.4 Å². The van der Waals surface area contributed by atoms with Crippen molar-refractivity contribution in [3.8, 4) is 0 Å². The third-order valence-electron chi connectivity index (χ3n) is 5.42. The molecule has 1 heterocycles. The van der Waals surface area contributed by atoms with Crippen LogP contribution in [-0.2, 0) is 27.2 Å². The van der Waals surface area contributed by atoms with Gasteiger partial charge in [0.2, 0.25) is 17.7 Å². The zero-order chi connectivity index (χ0) is 18.7. The van der Waals surface area contributed by atoms with Crippen LogP contribution in [0.4, 0.5) is 5.69 Å². The number of carbonyl (C=O) groups excluding carboxylic acids is 3. The molecular formula is C20H27N3O3. The fourth-order valence-electron chi connectivity index (χ4n) is 3.85. The maximum absolute atomic E-state index is 12.4. The summed E-state index contributed by atoms with van der Waals surface area (Å²) in [7, 11) is 0. The van der Waals surface area contributed by atoms with Crippen molar-refractivity contribution in [2.24, 2.45) is 5.92 Å². The number of hydrogen-bond acceptors (Lipinski definition) is 3. The van der Waals surface area contributed by atoms with E-state index in [9.17, 15) is 14.4 Å². The maximum atomic E-state index is 12.4. The number of rotatable bonds is 6. The van der Waals surface area contributed by atoms with Crippen molar-refractivity contribution >= 4 is 23.4 Å². The van der Waals surface area contributed by atoms with Crippen molar-refractivity contribution in [3.05, 3.63) is 29.3 Å². The topological polar surface area (TPSA) is 69.7 Å². The van der Waals surface area contributed by atoms with E-state index in [0.717, 1.165) is 18.5 Å². The molecular weight excluding hydrogens is 330 g/mol. The lowest BCUT2D eigenvalue weighted by atomic mass is 10.1. The first kappa shape index (κ1) is 18.4. The number of likely N-dealkylation sites (N-methyl/N-ethyl adjacent to an activating group) is 1. The second-order valence-electron chi connectivity index (χ2n) is 7.00. The van der Waals surface area contributed by atoms with Crippen molar-refractivity contribution in [2.75, 3.05) is 31.1 Å². The lowest BCUT2D eigenvalue weighted by Gasteiger charge is -2.20. The minimum Gasteiger partial charge on any atom is -0.347 e. The van der Waals surface area contributed by atoms with E-state index in [1.807, 2.05) is 19.9 Å². The normalized spacial score (nSPS) is 18.8. The molecule has 1 fully saturated rings. The first-order chi connectivity index (χ1) is 12.5. The largest absolute Gasteiger partial charge is 0.347 e. The molecule has 1 aliphatic carbocycles. The SMILES string of the molecule is CCN(CC)C(=O)CNC(=O)C1CC(=O)N(c2ccc3c(c2)CCC3)C1. The third-order valence-corrected chi connectivity index (χ3v) is 5.42. The molecule has 1 aromatic rings. The third kappa shape index (κ3) is 3.74. The van der Waals surface area contributed by atoms with Crippen LogP contribution >= 0.6 is 0 Å². The van der Waals surface area contributed by atoms with Crippen molar-refractivity contribution < 1.29 is 14.4 Å². The van der Waals surface area contributed by atoms with Crippen LogP contribution in [0.25, 0.3) is 0 Å². The Balaban J connectivity index is 1.59. The summed E-state index contributed by atoms with van der Waals surface area (Å²) in [5.74, 6) is -0.746. The van der Waals surface area contributed by atoms with Gasteiger partial charge in [0.15, 0.2) is 0 Å². The molecule has 1 aromatic carbocycles. The van der Waals surface area contributed by atoms with Gasteiger partial charge in [0.25, 0.3) is 0 Å². The summed E-state index contributed by atoms with van der Waals surface area (Å²) in [4.78, 5) is 40.2. The van der Waals surface area contributed by atoms with Gasteiger partial charge in [-0.2, -0.15) is 0 Å². The van der Waals surface area contributed by atoms with E-state index in [4.69, 9.17) is 0 Å². The number of fused-ring (bicyclic) bond motifs is 1. The van der Waals surface area contributed by atoms with Gasteiger partial charge in [-0.3, -0.25) is 14.4 Å². The molecule has 1 saturated heterocycles. The summed E-state index contributed by atoms with van der Waals surface area (Å²) in [6.07, 6.45) is 3.53. The smallest absolute Gasteiger partial charge is 0.241 e. The molecule has 3 amide bonds. The highest BCUT2D eigenvalue weighted by atomic mass is 16.2. The quantitative estimate of drug-likeness (QED) is 0.839. The number of hydrogen-bond donors (Lipinski definition) is 1. The molecule has 26 heavy (non-hydrogen) atoms. The minimum absolute atomic E-state index is 0.00987. The van der Waals surface area contributed by atoms with E-state index in [1.165, 1.54) is 17.5 Å². The van der Waals surface area contributed by atoms with Gasteiger partial charge >= 0.3 is 0 Å². The first-order valence-corrected chi connectivity index (χ1v) is 9.51. The van der Waals surface area contributed by atoms with Crippen LogP contribution in [0.5, 0.6) is 0 Å². The predicted molar refractivity (Wildman–Crippen MR) is 99.9 cm³/mol. The standard InChI is InChI=1S/C20H27N3O3/c1-3-22(4-2)19(25)12-21-20(26)16-11-18(24)23(13-16)17-9-8-14-6-5-7-15(14)10-17/h8-10,16H,3-7,11-13H2,1-2H3,(H,21,26). The zero-order valence-electron chi connectivity index (χ0n) is 15.6. The number of amides is 3. The molecule has 6 heteroatoms. The van der Waals surface area contributed by atoms with Crippen LogP contribution < -0.4 is 10.2 Å². The van der Waals surface area contributed by atoms with Gasteiger partial charge in [0, 0.05) is 31.7 Å². The number of carbonyl (C=O) groups is 3. The summed E-state index contributed by atoms with van der Waals surface area (Å²) >= 11 is 0. The van der Waals surface area contributed by atoms with Gasteiger partial charge in [0.05, 0.1) is 12.5 Å². The predicted octanol–water partition coefficient (Wildman–Crippen LogP) is 1.51. The molecule has 0 radical (unpaired) electrons.